The lowest BCUT2D eigenvalue weighted by molar-refractivity contribution is -0.124. The van der Waals surface area contributed by atoms with Gasteiger partial charge in [0.1, 0.15) is 19.3 Å². The number of benzene rings is 2. The van der Waals surface area contributed by atoms with Gasteiger partial charge in [-0.1, -0.05) is 37.6 Å². The molecule has 154 valence electrons. The number of aryl methyl sites for hydroxylation is 1. The van der Waals surface area contributed by atoms with Crippen molar-refractivity contribution in [2.45, 2.75) is 39.8 Å². The lowest BCUT2D eigenvalue weighted by atomic mass is 10.0. The Morgan fingerprint density at radius 3 is 2.34 bits per heavy atom. The SMILES string of the molecule is Cc1cccc(C(=O)NC(C(=O)NC(C)c2ccc3c(c2)OCCO3)C(C)C)c1. The van der Waals surface area contributed by atoms with Gasteiger partial charge in [-0.25, -0.2) is 0 Å². The van der Waals surface area contributed by atoms with Gasteiger partial charge in [-0.3, -0.25) is 9.59 Å². The molecular formula is C23H28N2O4. The molecule has 6 nitrogen and oxygen atoms in total. The van der Waals surface area contributed by atoms with E-state index in [-0.39, 0.29) is 23.8 Å². The van der Waals surface area contributed by atoms with Crippen LogP contribution in [-0.2, 0) is 4.79 Å². The Hall–Kier alpha value is -3.02. The van der Waals surface area contributed by atoms with Crippen molar-refractivity contribution in [2.75, 3.05) is 13.2 Å². The van der Waals surface area contributed by atoms with Crippen LogP contribution in [0.3, 0.4) is 0 Å². The number of rotatable bonds is 6. The third kappa shape index (κ3) is 5.08. The summed E-state index contributed by atoms with van der Waals surface area (Å²) < 4.78 is 11.2. The molecule has 2 aromatic rings. The number of carbonyl (C=O) groups is 2. The van der Waals surface area contributed by atoms with Crippen LogP contribution in [0.5, 0.6) is 11.5 Å². The summed E-state index contributed by atoms with van der Waals surface area (Å²) >= 11 is 0. The predicted molar refractivity (Wildman–Crippen MR) is 111 cm³/mol. The summed E-state index contributed by atoms with van der Waals surface area (Å²) in [5, 5.41) is 5.87. The van der Waals surface area contributed by atoms with Gasteiger partial charge in [-0.2, -0.15) is 0 Å². The first-order chi connectivity index (χ1) is 13.8. The maximum absolute atomic E-state index is 12.9. The minimum atomic E-state index is -0.636. The van der Waals surface area contributed by atoms with Gasteiger partial charge in [0.05, 0.1) is 6.04 Å². The standard InChI is InChI=1S/C23H28N2O4/c1-14(2)21(25-22(26)18-7-5-6-15(3)12-18)23(27)24-16(4)17-8-9-19-20(13-17)29-11-10-28-19/h5-9,12-14,16,21H,10-11H2,1-4H3,(H,24,27)(H,25,26). The van der Waals surface area contributed by atoms with Crippen molar-refractivity contribution in [1.29, 1.82) is 0 Å². The maximum atomic E-state index is 12.9. The minimum Gasteiger partial charge on any atom is -0.486 e. The molecule has 3 rings (SSSR count). The van der Waals surface area contributed by atoms with Gasteiger partial charge >= 0.3 is 0 Å². The second-order valence-corrected chi connectivity index (χ2v) is 7.70. The van der Waals surface area contributed by atoms with Crippen LogP contribution in [0.1, 0.15) is 48.3 Å². The fourth-order valence-corrected chi connectivity index (χ4v) is 3.26. The molecule has 0 aromatic heterocycles. The number of ether oxygens (including phenoxy) is 2. The second kappa shape index (κ2) is 8.99. The molecule has 1 aliphatic heterocycles. The number of hydrogen-bond acceptors (Lipinski definition) is 4. The first kappa shape index (κ1) is 20.7. The van der Waals surface area contributed by atoms with E-state index < -0.39 is 6.04 Å². The van der Waals surface area contributed by atoms with Crippen LogP contribution in [0, 0.1) is 12.8 Å². The Morgan fingerprint density at radius 2 is 1.66 bits per heavy atom. The topological polar surface area (TPSA) is 76.7 Å². The molecule has 2 amide bonds. The maximum Gasteiger partial charge on any atom is 0.251 e. The zero-order valence-corrected chi connectivity index (χ0v) is 17.3. The van der Waals surface area contributed by atoms with Crippen LogP contribution >= 0.6 is 0 Å². The molecule has 0 radical (unpaired) electrons. The summed E-state index contributed by atoms with van der Waals surface area (Å²) in [7, 11) is 0. The summed E-state index contributed by atoms with van der Waals surface area (Å²) in [6.07, 6.45) is 0. The van der Waals surface area contributed by atoms with Gasteiger partial charge in [0.25, 0.3) is 5.91 Å². The van der Waals surface area contributed by atoms with Crippen molar-refractivity contribution in [2.24, 2.45) is 5.92 Å². The van der Waals surface area contributed by atoms with Crippen LogP contribution in [-0.4, -0.2) is 31.1 Å². The minimum absolute atomic E-state index is 0.0591. The van der Waals surface area contributed by atoms with Gasteiger partial charge < -0.3 is 20.1 Å². The van der Waals surface area contributed by atoms with E-state index in [1.54, 1.807) is 6.07 Å². The predicted octanol–water partition coefficient (Wildman–Crippen LogP) is 3.40. The smallest absolute Gasteiger partial charge is 0.251 e. The van der Waals surface area contributed by atoms with E-state index >= 15 is 0 Å². The Morgan fingerprint density at radius 1 is 0.931 bits per heavy atom. The monoisotopic (exact) mass is 396 g/mol. The molecule has 1 aliphatic rings. The molecule has 0 fully saturated rings. The Balaban J connectivity index is 1.68. The summed E-state index contributed by atoms with van der Waals surface area (Å²) in [4.78, 5) is 25.5. The Bertz CT molecular complexity index is 894. The van der Waals surface area contributed by atoms with Crippen LogP contribution < -0.4 is 20.1 Å². The summed E-state index contributed by atoms with van der Waals surface area (Å²) in [5.41, 5.74) is 2.45. The van der Waals surface area contributed by atoms with Crippen LogP contribution in [0.25, 0.3) is 0 Å². The molecular weight excluding hydrogens is 368 g/mol. The highest BCUT2D eigenvalue weighted by Gasteiger charge is 2.26. The molecule has 0 spiro atoms. The van der Waals surface area contributed by atoms with Gasteiger partial charge in [0.2, 0.25) is 5.91 Å². The van der Waals surface area contributed by atoms with Gasteiger partial charge in [0, 0.05) is 5.56 Å². The van der Waals surface area contributed by atoms with Crippen LogP contribution in [0.15, 0.2) is 42.5 Å². The summed E-state index contributed by atoms with van der Waals surface area (Å²) in [6, 6.07) is 12.1. The van der Waals surface area contributed by atoms with E-state index in [2.05, 4.69) is 10.6 Å². The highest BCUT2D eigenvalue weighted by atomic mass is 16.6. The molecule has 2 N–H and O–H groups in total. The van der Waals surface area contributed by atoms with E-state index in [1.165, 1.54) is 0 Å². The van der Waals surface area contributed by atoms with E-state index in [1.807, 2.05) is 64.1 Å². The second-order valence-electron chi connectivity index (χ2n) is 7.70. The van der Waals surface area contributed by atoms with E-state index in [0.717, 1.165) is 11.1 Å². The highest BCUT2D eigenvalue weighted by Crippen LogP contribution is 2.32. The normalized spacial score (nSPS) is 14.8. The molecule has 0 bridgehead atoms. The van der Waals surface area contributed by atoms with Gasteiger partial charge in [-0.15, -0.1) is 0 Å². The van der Waals surface area contributed by atoms with Crippen molar-refractivity contribution >= 4 is 11.8 Å². The van der Waals surface area contributed by atoms with E-state index in [4.69, 9.17) is 9.47 Å². The van der Waals surface area contributed by atoms with Crippen molar-refractivity contribution in [3.8, 4) is 11.5 Å². The number of hydrogen-bond donors (Lipinski definition) is 2. The summed E-state index contributed by atoms with van der Waals surface area (Å²) in [6.45, 7) is 8.71. The number of nitrogens with one attached hydrogen (secondary N) is 2. The first-order valence-electron chi connectivity index (χ1n) is 9.92. The van der Waals surface area contributed by atoms with Gasteiger partial charge in [0.15, 0.2) is 11.5 Å². The third-order valence-electron chi connectivity index (χ3n) is 4.94. The lowest BCUT2D eigenvalue weighted by Crippen LogP contribution is -2.50. The van der Waals surface area contributed by atoms with E-state index in [9.17, 15) is 9.59 Å². The van der Waals surface area contributed by atoms with E-state index in [0.29, 0.717) is 30.3 Å². The molecule has 2 aromatic carbocycles. The number of fused-ring (bicyclic) bond motifs is 1. The van der Waals surface area contributed by atoms with Crippen molar-refractivity contribution in [3.63, 3.8) is 0 Å². The Labute approximate surface area is 171 Å². The summed E-state index contributed by atoms with van der Waals surface area (Å²) in [5.74, 6) is 0.862. The van der Waals surface area contributed by atoms with Gasteiger partial charge in [-0.05, 0) is 49.6 Å². The zero-order chi connectivity index (χ0) is 21.0. The molecule has 2 atom stereocenters. The van der Waals surface area contributed by atoms with Crippen molar-refractivity contribution in [3.05, 3.63) is 59.2 Å². The molecule has 1 heterocycles. The number of carbonyl (C=O) groups excluding carboxylic acids is 2. The molecule has 29 heavy (non-hydrogen) atoms. The molecule has 0 aliphatic carbocycles. The third-order valence-corrected chi connectivity index (χ3v) is 4.94. The molecule has 6 heteroatoms. The molecule has 0 saturated heterocycles. The zero-order valence-electron chi connectivity index (χ0n) is 17.3. The quantitative estimate of drug-likeness (QED) is 0.785. The fourth-order valence-electron chi connectivity index (χ4n) is 3.26. The first-order valence-corrected chi connectivity index (χ1v) is 9.92. The fraction of sp³-hybridized carbons (Fsp3) is 0.391. The molecule has 2 unspecified atom stereocenters. The van der Waals surface area contributed by atoms with Crippen molar-refractivity contribution in [1.82, 2.24) is 10.6 Å². The number of amides is 2. The van der Waals surface area contributed by atoms with Crippen LogP contribution in [0.2, 0.25) is 0 Å². The van der Waals surface area contributed by atoms with Crippen molar-refractivity contribution < 1.29 is 19.1 Å². The average Bonchev–Trinajstić information content (AvgIpc) is 2.71. The molecule has 0 saturated carbocycles. The lowest BCUT2D eigenvalue weighted by Gasteiger charge is -2.25. The van der Waals surface area contributed by atoms with Crippen LogP contribution in [0.4, 0.5) is 0 Å². The largest absolute Gasteiger partial charge is 0.486 e. The average molecular weight is 396 g/mol. The Kier molecular flexibility index (Phi) is 6.42. The highest BCUT2D eigenvalue weighted by molar-refractivity contribution is 5.97.